The highest BCUT2D eigenvalue weighted by Crippen LogP contribution is 2.31. The highest BCUT2D eigenvalue weighted by Gasteiger charge is 2.22. The minimum Gasteiger partial charge on any atom is -0.364 e. The molecule has 19 heavy (non-hydrogen) atoms. The van der Waals surface area contributed by atoms with Crippen LogP contribution >= 0.6 is 0 Å². The topological polar surface area (TPSA) is 63.5 Å². The van der Waals surface area contributed by atoms with Crippen LogP contribution in [0.4, 0.5) is 11.4 Å². The molecule has 0 aromatic heterocycles. The Bertz CT molecular complexity index is 484. The van der Waals surface area contributed by atoms with Crippen molar-refractivity contribution in [2.45, 2.75) is 40.2 Å². The molecule has 1 rings (SSSR count). The predicted molar refractivity (Wildman–Crippen MR) is 75.9 cm³/mol. The Morgan fingerprint density at radius 2 is 2.05 bits per heavy atom. The summed E-state index contributed by atoms with van der Waals surface area (Å²) in [5.74, 6) is -0.166. The Balaban J connectivity index is 3.32. The van der Waals surface area contributed by atoms with Crippen molar-refractivity contribution >= 4 is 17.2 Å². The Labute approximate surface area is 113 Å². The number of hydrogen-bond donors (Lipinski definition) is 0. The molecule has 5 heteroatoms. The van der Waals surface area contributed by atoms with E-state index >= 15 is 0 Å². The first kappa shape index (κ1) is 15.1. The fraction of sp³-hybridized carbons (Fsp3) is 0.500. The van der Waals surface area contributed by atoms with Gasteiger partial charge in [0.15, 0.2) is 5.78 Å². The average molecular weight is 264 g/mol. The summed E-state index contributed by atoms with van der Waals surface area (Å²) in [4.78, 5) is 24.1. The summed E-state index contributed by atoms with van der Waals surface area (Å²) in [6.07, 6.45) is 0.907. The van der Waals surface area contributed by atoms with Gasteiger partial charge in [-0.1, -0.05) is 6.92 Å². The van der Waals surface area contributed by atoms with Crippen molar-refractivity contribution in [2.24, 2.45) is 0 Å². The van der Waals surface area contributed by atoms with Crippen molar-refractivity contribution < 1.29 is 9.72 Å². The number of hydrogen-bond acceptors (Lipinski definition) is 4. The van der Waals surface area contributed by atoms with Gasteiger partial charge in [0.25, 0.3) is 5.69 Å². The maximum atomic E-state index is 11.3. The second-order valence-corrected chi connectivity index (χ2v) is 4.80. The van der Waals surface area contributed by atoms with Crippen LogP contribution in [0.25, 0.3) is 0 Å². The smallest absolute Gasteiger partial charge is 0.293 e. The first-order valence-electron chi connectivity index (χ1n) is 6.44. The van der Waals surface area contributed by atoms with Crippen molar-refractivity contribution in [2.75, 3.05) is 11.4 Å². The molecule has 0 aliphatic heterocycles. The molecule has 0 N–H and O–H groups in total. The van der Waals surface area contributed by atoms with Crippen molar-refractivity contribution in [1.29, 1.82) is 0 Å². The van der Waals surface area contributed by atoms with Gasteiger partial charge in [-0.3, -0.25) is 14.9 Å². The lowest BCUT2D eigenvalue weighted by Gasteiger charge is -2.28. The summed E-state index contributed by atoms with van der Waals surface area (Å²) < 4.78 is 0. The Morgan fingerprint density at radius 3 is 2.47 bits per heavy atom. The van der Waals surface area contributed by atoms with E-state index in [1.807, 2.05) is 25.7 Å². The summed E-state index contributed by atoms with van der Waals surface area (Å²) in [6.45, 7) is 8.19. The standard InChI is InChI=1S/C14H20N2O3/c1-5-8-15(10(2)3)13-7-6-12(11(4)17)9-14(13)16(18)19/h6-7,9-10H,5,8H2,1-4H3. The molecule has 5 nitrogen and oxygen atoms in total. The summed E-state index contributed by atoms with van der Waals surface area (Å²) in [5.41, 5.74) is 0.942. The number of Topliss-reactive ketones (excluding diaryl/α,β-unsaturated/α-hetero) is 1. The molecule has 0 atom stereocenters. The van der Waals surface area contributed by atoms with E-state index in [4.69, 9.17) is 0 Å². The zero-order chi connectivity index (χ0) is 14.6. The van der Waals surface area contributed by atoms with E-state index in [9.17, 15) is 14.9 Å². The van der Waals surface area contributed by atoms with Gasteiger partial charge in [0.2, 0.25) is 0 Å². The van der Waals surface area contributed by atoms with Gasteiger partial charge in [-0.15, -0.1) is 0 Å². The quantitative estimate of drug-likeness (QED) is 0.448. The van der Waals surface area contributed by atoms with Crippen molar-refractivity contribution in [3.8, 4) is 0 Å². The lowest BCUT2D eigenvalue weighted by molar-refractivity contribution is -0.384. The summed E-state index contributed by atoms with van der Waals surface area (Å²) in [5, 5.41) is 11.2. The molecule has 0 saturated heterocycles. The summed E-state index contributed by atoms with van der Waals surface area (Å²) >= 11 is 0. The van der Waals surface area contributed by atoms with Crippen LogP contribution in [-0.4, -0.2) is 23.3 Å². The molecule has 1 aromatic carbocycles. The molecule has 0 unspecified atom stereocenters. The number of carbonyl (C=O) groups is 1. The van der Waals surface area contributed by atoms with Gasteiger partial charge in [-0.25, -0.2) is 0 Å². The molecule has 0 saturated carbocycles. The number of nitro benzene ring substituents is 1. The zero-order valence-corrected chi connectivity index (χ0v) is 11.8. The van der Waals surface area contributed by atoms with E-state index < -0.39 is 4.92 Å². The monoisotopic (exact) mass is 264 g/mol. The van der Waals surface area contributed by atoms with E-state index in [1.165, 1.54) is 13.0 Å². The van der Waals surface area contributed by atoms with Crippen molar-refractivity contribution in [1.82, 2.24) is 0 Å². The van der Waals surface area contributed by atoms with Crippen molar-refractivity contribution in [3.05, 3.63) is 33.9 Å². The van der Waals surface area contributed by atoms with E-state index in [2.05, 4.69) is 0 Å². The van der Waals surface area contributed by atoms with E-state index in [1.54, 1.807) is 12.1 Å². The van der Waals surface area contributed by atoms with Gasteiger partial charge in [-0.2, -0.15) is 0 Å². The molecule has 0 radical (unpaired) electrons. The van der Waals surface area contributed by atoms with Crippen LogP contribution in [0.3, 0.4) is 0 Å². The Kier molecular flexibility index (Phi) is 5.03. The number of anilines is 1. The highest BCUT2D eigenvalue weighted by atomic mass is 16.6. The second-order valence-electron chi connectivity index (χ2n) is 4.80. The molecule has 104 valence electrons. The van der Waals surface area contributed by atoms with Gasteiger partial charge in [0, 0.05) is 24.2 Å². The molecule has 0 fully saturated rings. The highest BCUT2D eigenvalue weighted by molar-refractivity contribution is 5.95. The minimum absolute atomic E-state index is 0.00477. The molecule has 0 aliphatic rings. The van der Waals surface area contributed by atoms with Crippen molar-refractivity contribution in [3.63, 3.8) is 0 Å². The van der Waals surface area contributed by atoms with Crippen LogP contribution in [0.1, 0.15) is 44.5 Å². The maximum Gasteiger partial charge on any atom is 0.293 e. The van der Waals surface area contributed by atoms with Gasteiger partial charge < -0.3 is 4.90 Å². The molecule has 0 bridgehead atoms. The summed E-state index contributed by atoms with van der Waals surface area (Å²) in [7, 11) is 0. The fourth-order valence-corrected chi connectivity index (χ4v) is 2.03. The Hall–Kier alpha value is -1.91. The first-order chi connectivity index (χ1) is 8.88. The van der Waals surface area contributed by atoms with E-state index in [-0.39, 0.29) is 17.5 Å². The predicted octanol–water partition coefficient (Wildman–Crippen LogP) is 3.42. The first-order valence-corrected chi connectivity index (χ1v) is 6.44. The third-order valence-corrected chi connectivity index (χ3v) is 2.98. The largest absolute Gasteiger partial charge is 0.364 e. The number of nitrogens with zero attached hydrogens (tertiary/aromatic N) is 2. The summed E-state index contributed by atoms with van der Waals surface area (Å²) in [6, 6.07) is 4.85. The van der Waals surface area contributed by atoms with Gasteiger partial charge in [0.1, 0.15) is 5.69 Å². The molecule has 0 heterocycles. The van der Waals surface area contributed by atoms with Gasteiger partial charge in [-0.05, 0) is 39.3 Å². The van der Waals surface area contributed by atoms with Crippen LogP contribution in [0.15, 0.2) is 18.2 Å². The van der Waals surface area contributed by atoms with Gasteiger partial charge >= 0.3 is 0 Å². The lowest BCUT2D eigenvalue weighted by atomic mass is 10.1. The zero-order valence-electron chi connectivity index (χ0n) is 11.8. The maximum absolute atomic E-state index is 11.3. The molecule has 0 spiro atoms. The van der Waals surface area contributed by atoms with Crippen LogP contribution in [-0.2, 0) is 0 Å². The van der Waals surface area contributed by atoms with Gasteiger partial charge in [0.05, 0.1) is 4.92 Å². The fourth-order valence-electron chi connectivity index (χ4n) is 2.03. The number of benzene rings is 1. The third-order valence-electron chi connectivity index (χ3n) is 2.98. The third kappa shape index (κ3) is 3.53. The SMILES string of the molecule is CCCN(c1ccc(C(C)=O)cc1[N+](=O)[O-])C(C)C. The van der Waals surface area contributed by atoms with Crippen LogP contribution in [0.2, 0.25) is 0 Å². The number of carbonyl (C=O) groups excluding carboxylic acids is 1. The molecule has 0 aliphatic carbocycles. The Morgan fingerprint density at radius 1 is 1.42 bits per heavy atom. The van der Waals surface area contributed by atoms with Crippen LogP contribution < -0.4 is 4.90 Å². The van der Waals surface area contributed by atoms with E-state index in [0.717, 1.165) is 13.0 Å². The van der Waals surface area contributed by atoms with Crippen LogP contribution in [0, 0.1) is 10.1 Å². The number of ketones is 1. The van der Waals surface area contributed by atoms with E-state index in [0.29, 0.717) is 11.3 Å². The normalized spacial score (nSPS) is 10.6. The molecular weight excluding hydrogens is 244 g/mol. The second kappa shape index (κ2) is 6.31. The molecule has 1 aromatic rings. The molecule has 0 amide bonds. The number of nitro groups is 1. The number of rotatable bonds is 6. The lowest BCUT2D eigenvalue weighted by Crippen LogP contribution is -2.32. The average Bonchev–Trinajstić information content (AvgIpc) is 2.34. The van der Waals surface area contributed by atoms with Crippen LogP contribution in [0.5, 0.6) is 0 Å². The molecular formula is C14H20N2O3. The minimum atomic E-state index is -0.424.